The molecule has 21 heavy (non-hydrogen) atoms. The molecule has 1 aromatic carbocycles. The van der Waals surface area contributed by atoms with E-state index in [1.807, 2.05) is 6.92 Å². The highest BCUT2D eigenvalue weighted by Crippen LogP contribution is 2.27. The van der Waals surface area contributed by atoms with E-state index in [1.54, 1.807) is 12.1 Å². The number of halogens is 1. The first-order valence-corrected chi connectivity index (χ1v) is 7.65. The van der Waals surface area contributed by atoms with E-state index in [-0.39, 0.29) is 16.4 Å². The van der Waals surface area contributed by atoms with Crippen molar-refractivity contribution in [3.05, 3.63) is 40.2 Å². The molecule has 0 radical (unpaired) electrons. The first kappa shape index (κ1) is 15.3. The summed E-state index contributed by atoms with van der Waals surface area (Å²) in [6, 6.07) is 4.79. The van der Waals surface area contributed by atoms with Gasteiger partial charge < -0.3 is 5.11 Å². The molecule has 0 unspecified atom stereocenters. The number of rotatable bonds is 4. The molecule has 0 aliphatic heterocycles. The van der Waals surface area contributed by atoms with Crippen LogP contribution >= 0.6 is 11.6 Å². The Hall–Kier alpha value is -2.06. The molecule has 1 heterocycles. The second-order valence-electron chi connectivity index (χ2n) is 4.42. The number of nitrogens with one attached hydrogen (secondary N) is 2. The first-order valence-electron chi connectivity index (χ1n) is 5.79. The Morgan fingerprint density at radius 2 is 2.05 bits per heavy atom. The molecule has 0 atom stereocenters. The lowest BCUT2D eigenvalue weighted by atomic mass is 10.2. The normalized spacial score (nSPS) is 11.4. The number of carbonyl (C=O) groups is 1. The zero-order chi connectivity index (χ0) is 15.8. The molecule has 2 rings (SSSR count). The summed E-state index contributed by atoms with van der Waals surface area (Å²) in [5, 5.41) is 15.1. The average Bonchev–Trinajstić information content (AvgIpc) is 2.76. The second-order valence-corrected chi connectivity index (χ2v) is 6.45. The van der Waals surface area contributed by atoms with Crippen LogP contribution < -0.4 is 4.72 Å². The zero-order valence-corrected chi connectivity index (χ0v) is 12.7. The van der Waals surface area contributed by atoms with E-state index in [1.165, 1.54) is 13.0 Å². The van der Waals surface area contributed by atoms with Gasteiger partial charge in [0.05, 0.1) is 16.4 Å². The fourth-order valence-electron chi connectivity index (χ4n) is 1.79. The Morgan fingerprint density at radius 3 is 2.62 bits per heavy atom. The van der Waals surface area contributed by atoms with Crippen molar-refractivity contribution < 1.29 is 18.3 Å². The molecule has 1 aromatic heterocycles. The van der Waals surface area contributed by atoms with Crippen molar-refractivity contribution in [1.82, 2.24) is 10.2 Å². The number of sulfonamides is 1. The van der Waals surface area contributed by atoms with Crippen molar-refractivity contribution >= 4 is 33.3 Å². The van der Waals surface area contributed by atoms with Crippen molar-refractivity contribution in [3.8, 4) is 0 Å². The Bertz CT molecular complexity index is 814. The third kappa shape index (κ3) is 3.01. The van der Waals surface area contributed by atoms with E-state index in [4.69, 9.17) is 16.7 Å². The molecule has 112 valence electrons. The Morgan fingerprint density at radius 1 is 1.38 bits per heavy atom. The summed E-state index contributed by atoms with van der Waals surface area (Å²) in [5.41, 5.74) is 0.597. The van der Waals surface area contributed by atoms with Crippen LogP contribution in [0.1, 0.15) is 21.7 Å². The summed E-state index contributed by atoms with van der Waals surface area (Å²) < 4.78 is 27.0. The standard InChI is InChI=1S/C12H12ClN3O4S/c1-6-3-4-9(8(13)5-6)16-21(19,20)11-7(2)14-15-10(11)12(17)18/h3-5,16H,1-2H3,(H,14,15)(H,17,18). The average molecular weight is 330 g/mol. The van der Waals surface area contributed by atoms with Gasteiger partial charge in [-0.25, -0.2) is 13.2 Å². The lowest BCUT2D eigenvalue weighted by Crippen LogP contribution is -2.17. The van der Waals surface area contributed by atoms with Crippen LogP contribution in [0, 0.1) is 13.8 Å². The van der Waals surface area contributed by atoms with E-state index >= 15 is 0 Å². The fraction of sp³-hybridized carbons (Fsp3) is 0.167. The number of aromatic carboxylic acids is 1. The number of aryl methyl sites for hydroxylation is 2. The zero-order valence-electron chi connectivity index (χ0n) is 11.1. The summed E-state index contributed by atoms with van der Waals surface area (Å²) in [6.45, 7) is 3.23. The third-order valence-corrected chi connectivity index (χ3v) is 4.57. The second kappa shape index (κ2) is 5.38. The number of H-pyrrole nitrogens is 1. The lowest BCUT2D eigenvalue weighted by molar-refractivity contribution is 0.0686. The fourth-order valence-corrected chi connectivity index (χ4v) is 3.54. The topological polar surface area (TPSA) is 112 Å². The third-order valence-electron chi connectivity index (χ3n) is 2.73. The highest BCUT2D eigenvalue weighted by molar-refractivity contribution is 7.92. The minimum absolute atomic E-state index is 0.128. The smallest absolute Gasteiger partial charge is 0.357 e. The van der Waals surface area contributed by atoms with Gasteiger partial charge in [0.25, 0.3) is 10.0 Å². The minimum Gasteiger partial charge on any atom is -0.476 e. The molecule has 0 aliphatic carbocycles. The van der Waals surface area contributed by atoms with E-state index < -0.39 is 26.6 Å². The number of aromatic nitrogens is 2. The van der Waals surface area contributed by atoms with Gasteiger partial charge in [-0.3, -0.25) is 9.82 Å². The number of carboxylic acid groups (broad SMARTS) is 1. The molecule has 3 N–H and O–H groups in total. The Kier molecular flexibility index (Phi) is 3.93. The minimum atomic E-state index is -4.12. The van der Waals surface area contributed by atoms with Gasteiger partial charge in [0.2, 0.25) is 0 Å². The lowest BCUT2D eigenvalue weighted by Gasteiger charge is -2.10. The number of anilines is 1. The van der Waals surface area contributed by atoms with Gasteiger partial charge in [-0.15, -0.1) is 0 Å². The maximum Gasteiger partial charge on any atom is 0.357 e. The van der Waals surface area contributed by atoms with Crippen molar-refractivity contribution in [2.24, 2.45) is 0 Å². The van der Waals surface area contributed by atoms with Crippen LogP contribution in [-0.2, 0) is 10.0 Å². The molecule has 0 bridgehead atoms. The maximum atomic E-state index is 12.4. The number of hydrogen-bond acceptors (Lipinski definition) is 4. The SMILES string of the molecule is Cc1ccc(NS(=O)(=O)c2c(C(=O)O)n[nH]c2C)c(Cl)c1. The van der Waals surface area contributed by atoms with Gasteiger partial charge in [0.1, 0.15) is 4.90 Å². The summed E-state index contributed by atoms with van der Waals surface area (Å²) in [5.74, 6) is -1.44. The molecule has 7 nitrogen and oxygen atoms in total. The van der Waals surface area contributed by atoms with Crippen LogP contribution in [0.4, 0.5) is 5.69 Å². The number of nitrogens with zero attached hydrogens (tertiary/aromatic N) is 1. The predicted molar refractivity (Wildman–Crippen MR) is 77.3 cm³/mol. The van der Waals surface area contributed by atoms with Crippen molar-refractivity contribution in [1.29, 1.82) is 0 Å². The summed E-state index contributed by atoms with van der Waals surface area (Å²) in [7, 11) is -4.12. The number of aromatic amines is 1. The number of carboxylic acids is 1. The van der Waals surface area contributed by atoms with Crippen LogP contribution in [0.2, 0.25) is 5.02 Å². The number of benzene rings is 1. The monoisotopic (exact) mass is 329 g/mol. The van der Waals surface area contributed by atoms with Crippen LogP contribution in [-0.4, -0.2) is 29.7 Å². The van der Waals surface area contributed by atoms with Crippen molar-refractivity contribution in [2.75, 3.05) is 4.72 Å². The van der Waals surface area contributed by atoms with Gasteiger partial charge in [-0.1, -0.05) is 17.7 Å². The van der Waals surface area contributed by atoms with Crippen molar-refractivity contribution in [2.45, 2.75) is 18.7 Å². The van der Waals surface area contributed by atoms with E-state index in [0.29, 0.717) is 0 Å². The Balaban J connectivity index is 2.48. The van der Waals surface area contributed by atoms with Crippen LogP contribution in [0.15, 0.2) is 23.1 Å². The molecule has 0 spiro atoms. The summed E-state index contributed by atoms with van der Waals surface area (Å²) in [4.78, 5) is 10.6. The van der Waals surface area contributed by atoms with E-state index in [2.05, 4.69) is 14.9 Å². The molecule has 0 fully saturated rings. The molecule has 0 aliphatic rings. The molecule has 2 aromatic rings. The van der Waals surface area contributed by atoms with Gasteiger partial charge in [0.15, 0.2) is 5.69 Å². The molecule has 0 amide bonds. The predicted octanol–water partition coefficient (Wildman–Crippen LogP) is 2.18. The van der Waals surface area contributed by atoms with E-state index in [9.17, 15) is 13.2 Å². The summed E-state index contributed by atoms with van der Waals surface area (Å²) >= 11 is 5.97. The maximum absolute atomic E-state index is 12.4. The largest absolute Gasteiger partial charge is 0.476 e. The van der Waals surface area contributed by atoms with Gasteiger partial charge in [0, 0.05) is 0 Å². The van der Waals surface area contributed by atoms with Crippen LogP contribution in [0.5, 0.6) is 0 Å². The summed E-state index contributed by atoms with van der Waals surface area (Å²) in [6.07, 6.45) is 0. The van der Waals surface area contributed by atoms with Gasteiger partial charge in [-0.2, -0.15) is 5.10 Å². The number of hydrogen-bond donors (Lipinski definition) is 3. The molecule has 0 saturated carbocycles. The molecule has 0 saturated heterocycles. The first-order chi connectivity index (χ1) is 9.72. The molecular formula is C12H12ClN3O4S. The quantitative estimate of drug-likeness (QED) is 0.795. The van der Waals surface area contributed by atoms with Crippen molar-refractivity contribution in [3.63, 3.8) is 0 Å². The molecule has 9 heteroatoms. The van der Waals surface area contributed by atoms with Crippen LogP contribution in [0.3, 0.4) is 0 Å². The molecular weight excluding hydrogens is 318 g/mol. The van der Waals surface area contributed by atoms with Gasteiger partial charge >= 0.3 is 5.97 Å². The Labute approximate surface area is 126 Å². The van der Waals surface area contributed by atoms with E-state index in [0.717, 1.165) is 5.56 Å². The van der Waals surface area contributed by atoms with Crippen LogP contribution in [0.25, 0.3) is 0 Å². The highest BCUT2D eigenvalue weighted by atomic mass is 35.5. The van der Waals surface area contributed by atoms with Gasteiger partial charge in [-0.05, 0) is 31.5 Å². The highest BCUT2D eigenvalue weighted by Gasteiger charge is 2.28.